The molecule has 8 heteroatoms. The van der Waals surface area contributed by atoms with Crippen LogP contribution in [0.1, 0.15) is 5.56 Å². The molecule has 5 nitrogen and oxygen atoms in total. The monoisotopic (exact) mass is 433 g/mol. The molecule has 0 saturated heterocycles. The fraction of sp³-hybridized carbons (Fsp3) is 0.154. The van der Waals surface area contributed by atoms with Crippen molar-refractivity contribution in [2.24, 2.45) is 0 Å². The largest absolute Gasteiger partial charge is 0.383 e. The first-order valence-corrected chi connectivity index (χ1v) is 8.95. The van der Waals surface area contributed by atoms with E-state index in [1.165, 1.54) is 23.6 Å². The fourth-order valence-electron chi connectivity index (χ4n) is 1.74. The van der Waals surface area contributed by atoms with E-state index in [0.29, 0.717) is 4.47 Å². The topological polar surface area (TPSA) is 76.3 Å². The minimum atomic E-state index is -3.70. The van der Waals surface area contributed by atoms with Crippen LogP contribution in [-0.4, -0.2) is 24.8 Å². The summed E-state index contributed by atoms with van der Waals surface area (Å²) in [6.45, 7) is 0.252. The van der Waals surface area contributed by atoms with Crippen molar-refractivity contribution >= 4 is 47.7 Å². The van der Waals surface area contributed by atoms with Crippen LogP contribution in [0.3, 0.4) is 0 Å². The van der Waals surface area contributed by atoms with Crippen molar-refractivity contribution in [1.82, 2.24) is 9.29 Å². The van der Waals surface area contributed by atoms with E-state index >= 15 is 0 Å². The Hall–Kier alpha value is -0.960. The van der Waals surface area contributed by atoms with E-state index in [1.807, 2.05) is 24.3 Å². The summed E-state index contributed by atoms with van der Waals surface area (Å²) in [5.41, 5.74) is 6.56. The van der Waals surface area contributed by atoms with E-state index in [1.54, 1.807) is 0 Å². The molecule has 1 aromatic heterocycles. The van der Waals surface area contributed by atoms with E-state index < -0.39 is 10.0 Å². The molecule has 0 atom stereocenters. The van der Waals surface area contributed by atoms with Gasteiger partial charge in [0.05, 0.1) is 0 Å². The van der Waals surface area contributed by atoms with Crippen LogP contribution < -0.4 is 5.73 Å². The number of hydrogen-bond donors (Lipinski definition) is 1. The minimum Gasteiger partial charge on any atom is -0.383 e. The summed E-state index contributed by atoms with van der Waals surface area (Å²) in [6.07, 6.45) is 1.46. The van der Waals surface area contributed by atoms with Crippen molar-refractivity contribution in [2.75, 3.05) is 12.8 Å². The number of rotatable bonds is 4. The Morgan fingerprint density at radius 3 is 2.43 bits per heavy atom. The highest BCUT2D eigenvalue weighted by atomic mass is 79.9. The van der Waals surface area contributed by atoms with Gasteiger partial charge in [0.25, 0.3) is 0 Å². The van der Waals surface area contributed by atoms with Gasteiger partial charge in [-0.25, -0.2) is 13.4 Å². The average molecular weight is 435 g/mol. The first kappa shape index (κ1) is 16.4. The van der Waals surface area contributed by atoms with Crippen molar-refractivity contribution < 1.29 is 8.42 Å². The summed E-state index contributed by atoms with van der Waals surface area (Å²) >= 11 is 6.55. The third-order valence-corrected chi connectivity index (χ3v) is 5.65. The standard InChI is InChI=1S/C13H13Br2N3O2S/c1-18(8-9-2-4-10(14)5-3-9)21(19,20)12-6-11(15)7-17-13(12)16/h2-7H,8H2,1H3,(H2,16,17). The molecule has 0 spiro atoms. The van der Waals surface area contributed by atoms with E-state index in [0.717, 1.165) is 10.0 Å². The normalized spacial score (nSPS) is 11.8. The molecule has 0 aliphatic carbocycles. The molecule has 0 aliphatic heterocycles. The molecule has 2 N–H and O–H groups in total. The van der Waals surface area contributed by atoms with Gasteiger partial charge in [-0.1, -0.05) is 28.1 Å². The maximum atomic E-state index is 12.6. The Kier molecular flexibility index (Phi) is 5.03. The van der Waals surface area contributed by atoms with Crippen LogP contribution in [0.2, 0.25) is 0 Å². The van der Waals surface area contributed by atoms with Gasteiger partial charge in [0, 0.05) is 28.7 Å². The van der Waals surface area contributed by atoms with Crippen molar-refractivity contribution in [3.05, 3.63) is 51.0 Å². The van der Waals surface area contributed by atoms with Crippen LogP contribution in [0.5, 0.6) is 0 Å². The molecule has 0 fully saturated rings. The van der Waals surface area contributed by atoms with Crippen LogP contribution in [0.15, 0.2) is 50.4 Å². The molecule has 21 heavy (non-hydrogen) atoms. The molecule has 0 saturated carbocycles. The van der Waals surface area contributed by atoms with Gasteiger partial charge >= 0.3 is 0 Å². The molecule has 0 radical (unpaired) electrons. The van der Waals surface area contributed by atoms with Crippen molar-refractivity contribution in [1.29, 1.82) is 0 Å². The van der Waals surface area contributed by atoms with E-state index in [-0.39, 0.29) is 17.3 Å². The summed E-state index contributed by atoms with van der Waals surface area (Å²) in [6, 6.07) is 8.91. The van der Waals surface area contributed by atoms with Gasteiger partial charge in [0.15, 0.2) is 0 Å². The number of aromatic nitrogens is 1. The van der Waals surface area contributed by atoms with Crippen LogP contribution in [0.25, 0.3) is 0 Å². The van der Waals surface area contributed by atoms with Gasteiger partial charge in [-0.05, 0) is 39.7 Å². The van der Waals surface area contributed by atoms with Gasteiger partial charge in [0.1, 0.15) is 10.7 Å². The quantitative estimate of drug-likeness (QED) is 0.802. The number of halogens is 2. The SMILES string of the molecule is CN(Cc1ccc(Br)cc1)S(=O)(=O)c1cc(Br)cnc1N. The Bertz CT molecular complexity index is 749. The van der Waals surface area contributed by atoms with E-state index in [4.69, 9.17) is 5.73 Å². The zero-order valence-corrected chi connectivity index (χ0v) is 15.1. The highest BCUT2D eigenvalue weighted by Gasteiger charge is 2.24. The number of benzene rings is 1. The van der Waals surface area contributed by atoms with Crippen LogP contribution in [0.4, 0.5) is 5.82 Å². The van der Waals surface area contributed by atoms with Crippen LogP contribution >= 0.6 is 31.9 Å². The minimum absolute atomic E-state index is 0.00325. The van der Waals surface area contributed by atoms with Gasteiger partial charge in [-0.2, -0.15) is 4.31 Å². The molecule has 1 heterocycles. The number of sulfonamides is 1. The Morgan fingerprint density at radius 2 is 1.81 bits per heavy atom. The number of anilines is 1. The van der Waals surface area contributed by atoms with Crippen LogP contribution in [-0.2, 0) is 16.6 Å². The summed E-state index contributed by atoms with van der Waals surface area (Å²) in [5.74, 6) is -0.0131. The maximum absolute atomic E-state index is 12.6. The lowest BCUT2D eigenvalue weighted by Crippen LogP contribution is -2.27. The molecule has 0 unspecified atom stereocenters. The van der Waals surface area contributed by atoms with E-state index in [9.17, 15) is 8.42 Å². The molecule has 2 rings (SSSR count). The number of hydrogen-bond acceptors (Lipinski definition) is 4. The van der Waals surface area contributed by atoms with Gasteiger partial charge in [0.2, 0.25) is 10.0 Å². The van der Waals surface area contributed by atoms with Gasteiger partial charge < -0.3 is 5.73 Å². The highest BCUT2D eigenvalue weighted by Crippen LogP contribution is 2.24. The smallest absolute Gasteiger partial charge is 0.246 e. The maximum Gasteiger partial charge on any atom is 0.246 e. The summed E-state index contributed by atoms with van der Waals surface area (Å²) in [5, 5.41) is 0. The Balaban J connectivity index is 2.30. The highest BCUT2D eigenvalue weighted by molar-refractivity contribution is 9.10. The predicted octanol–water partition coefficient (Wildman–Crippen LogP) is 3.01. The second-order valence-electron chi connectivity index (χ2n) is 4.42. The molecule has 0 aliphatic rings. The van der Waals surface area contributed by atoms with Crippen LogP contribution in [0, 0.1) is 0 Å². The molecule has 0 bridgehead atoms. The number of nitrogens with two attached hydrogens (primary N) is 1. The number of nitrogens with zero attached hydrogens (tertiary/aromatic N) is 2. The first-order chi connectivity index (χ1) is 9.80. The summed E-state index contributed by atoms with van der Waals surface area (Å²) in [7, 11) is -2.18. The third-order valence-electron chi connectivity index (χ3n) is 2.86. The lowest BCUT2D eigenvalue weighted by Gasteiger charge is -2.18. The van der Waals surface area contributed by atoms with E-state index in [2.05, 4.69) is 36.8 Å². The summed E-state index contributed by atoms with van der Waals surface area (Å²) < 4.78 is 27.9. The second-order valence-corrected chi connectivity index (χ2v) is 8.27. The zero-order chi connectivity index (χ0) is 15.6. The zero-order valence-electron chi connectivity index (χ0n) is 11.1. The molecular weight excluding hydrogens is 422 g/mol. The average Bonchev–Trinajstić information content (AvgIpc) is 2.43. The number of nitrogen functional groups attached to an aromatic ring is 1. The number of pyridine rings is 1. The molecule has 112 valence electrons. The molecular formula is C13H13Br2N3O2S. The fourth-order valence-corrected chi connectivity index (χ4v) is 3.73. The lowest BCUT2D eigenvalue weighted by atomic mass is 10.2. The second kappa shape index (κ2) is 6.43. The Morgan fingerprint density at radius 1 is 1.19 bits per heavy atom. The van der Waals surface area contributed by atoms with Crippen molar-refractivity contribution in [3.8, 4) is 0 Å². The predicted molar refractivity (Wildman–Crippen MR) is 89.1 cm³/mol. The summed E-state index contributed by atoms with van der Waals surface area (Å²) in [4.78, 5) is 3.86. The van der Waals surface area contributed by atoms with Crippen molar-refractivity contribution in [2.45, 2.75) is 11.4 Å². The Labute approximate surface area is 140 Å². The van der Waals surface area contributed by atoms with Gasteiger partial charge in [-0.15, -0.1) is 0 Å². The lowest BCUT2D eigenvalue weighted by molar-refractivity contribution is 0.467. The molecule has 1 aromatic carbocycles. The first-order valence-electron chi connectivity index (χ1n) is 5.92. The van der Waals surface area contributed by atoms with Crippen molar-refractivity contribution in [3.63, 3.8) is 0 Å². The third kappa shape index (κ3) is 3.82. The van der Waals surface area contributed by atoms with Gasteiger partial charge in [-0.3, -0.25) is 0 Å². The molecule has 2 aromatic rings. The molecule has 0 amide bonds.